The van der Waals surface area contributed by atoms with Gasteiger partial charge in [0.15, 0.2) is 0 Å². The summed E-state index contributed by atoms with van der Waals surface area (Å²) in [6.07, 6.45) is 0. The van der Waals surface area contributed by atoms with Crippen LogP contribution < -0.4 is 0 Å². The summed E-state index contributed by atoms with van der Waals surface area (Å²) in [5.74, 6) is 0.175. The zero-order valence-electron chi connectivity index (χ0n) is 12.0. The summed E-state index contributed by atoms with van der Waals surface area (Å²) >= 11 is -0.935. The van der Waals surface area contributed by atoms with E-state index in [9.17, 15) is 4.79 Å². The quantitative estimate of drug-likeness (QED) is 0.581. The molecule has 4 rings (SSSR count). The van der Waals surface area contributed by atoms with Gasteiger partial charge < -0.3 is 0 Å². The van der Waals surface area contributed by atoms with Gasteiger partial charge in [-0.1, -0.05) is 0 Å². The Morgan fingerprint density at radius 1 is 1.14 bits per heavy atom. The molecule has 110 valence electrons. The summed E-state index contributed by atoms with van der Waals surface area (Å²) < 4.78 is 10.7. The molecule has 1 aromatic heterocycles. The summed E-state index contributed by atoms with van der Waals surface area (Å²) in [7, 11) is 0. The van der Waals surface area contributed by atoms with Crippen LogP contribution in [0.1, 0.15) is 19.7 Å². The minimum absolute atomic E-state index is 0.0583. The molecule has 1 aliphatic rings. The molecule has 0 fully saturated rings. The number of aromatic nitrogens is 1. The second kappa shape index (κ2) is 4.80. The van der Waals surface area contributed by atoms with Gasteiger partial charge in [-0.15, -0.1) is 0 Å². The molecule has 6 heteroatoms. The minimum atomic E-state index is -0.935. The monoisotopic (exact) mass is 410 g/mol. The predicted molar refractivity (Wildman–Crippen MR) is 83.9 cm³/mol. The maximum absolute atomic E-state index is 12.5. The van der Waals surface area contributed by atoms with E-state index in [1.165, 1.54) is 0 Å². The third kappa shape index (κ3) is 2.03. The normalized spacial score (nSPS) is 17.5. The summed E-state index contributed by atoms with van der Waals surface area (Å²) in [6.45, 7) is 3.76. The van der Waals surface area contributed by atoms with Crippen LogP contribution in [0.15, 0.2) is 46.0 Å². The Bertz CT molecular complexity index is 943. The van der Waals surface area contributed by atoms with Crippen LogP contribution in [0, 0.1) is 0 Å². The predicted octanol–water partition coefficient (Wildman–Crippen LogP) is 3.10. The Morgan fingerprint density at radius 3 is 2.82 bits per heavy atom. The first kappa shape index (κ1) is 13.7. The average molecular weight is 408 g/mol. The second-order valence-electron chi connectivity index (χ2n) is 5.59. The van der Waals surface area contributed by atoms with E-state index in [0.717, 1.165) is 10.8 Å². The van der Waals surface area contributed by atoms with Crippen LogP contribution in [-0.2, 0) is 8.00 Å². The van der Waals surface area contributed by atoms with Crippen molar-refractivity contribution in [3.8, 4) is 0 Å². The number of carbonyl (C=O) groups is 1. The van der Waals surface area contributed by atoms with E-state index >= 15 is 0 Å². The fraction of sp³-hybridized carbons (Fsp3) is 0.188. The van der Waals surface area contributed by atoms with Gasteiger partial charge in [-0.05, 0) is 0 Å². The molecule has 0 saturated heterocycles. The van der Waals surface area contributed by atoms with Crippen molar-refractivity contribution in [3.05, 3.63) is 42.3 Å². The molecule has 0 N–H and O–H groups in total. The van der Waals surface area contributed by atoms with Gasteiger partial charge in [-0.2, -0.15) is 0 Å². The van der Waals surface area contributed by atoms with Crippen molar-refractivity contribution in [2.24, 2.45) is 5.16 Å². The standard InChI is InChI=1S/C16H12N2O3Te/c1-16(2)14(19)12(18-21-22-16)15-17-11-8-7-9-5-3-4-6-10(9)13(11)20-15/h3-8H,1-2H3. The van der Waals surface area contributed by atoms with Crippen LogP contribution in [-0.4, -0.2) is 37.8 Å². The molecule has 1 aliphatic heterocycles. The molecule has 0 amide bonds. The molecule has 2 aromatic carbocycles. The fourth-order valence-electron chi connectivity index (χ4n) is 2.41. The number of hydrogen-bond acceptors (Lipinski definition) is 5. The molecule has 0 unspecified atom stereocenters. The van der Waals surface area contributed by atoms with E-state index in [-0.39, 0.29) is 17.4 Å². The Balaban J connectivity index is 1.92. The van der Waals surface area contributed by atoms with Gasteiger partial charge in [0.25, 0.3) is 0 Å². The van der Waals surface area contributed by atoms with Gasteiger partial charge in [0, 0.05) is 0 Å². The molecule has 3 aromatic rings. The Morgan fingerprint density at radius 2 is 1.95 bits per heavy atom. The summed E-state index contributed by atoms with van der Waals surface area (Å²) in [6, 6.07) is 11.8. The van der Waals surface area contributed by atoms with Crippen LogP contribution in [0.3, 0.4) is 0 Å². The van der Waals surface area contributed by atoms with Crippen LogP contribution in [0.2, 0.25) is 3.46 Å². The first-order chi connectivity index (χ1) is 10.6. The van der Waals surface area contributed by atoms with Crippen LogP contribution in [0.5, 0.6) is 0 Å². The van der Waals surface area contributed by atoms with Gasteiger partial charge in [-0.25, -0.2) is 0 Å². The Hall–Kier alpha value is -1.90. The average Bonchev–Trinajstić information content (AvgIpc) is 2.94. The number of Topliss-reactive ketones (excluding diaryl/α,β-unsaturated/α-hetero) is 1. The van der Waals surface area contributed by atoms with Crippen molar-refractivity contribution in [2.45, 2.75) is 17.3 Å². The molecular weight excluding hydrogens is 396 g/mol. The number of oxazole rings is 1. The van der Waals surface area contributed by atoms with Crippen molar-refractivity contribution in [2.75, 3.05) is 0 Å². The third-order valence-corrected chi connectivity index (χ3v) is 5.76. The van der Waals surface area contributed by atoms with Gasteiger partial charge in [-0.3, -0.25) is 0 Å². The van der Waals surface area contributed by atoms with E-state index in [4.69, 9.17) is 7.62 Å². The van der Waals surface area contributed by atoms with E-state index in [2.05, 4.69) is 10.1 Å². The molecule has 2 heterocycles. The number of nitrogens with zero attached hydrogens (tertiary/aromatic N) is 2. The molecular formula is C16H12N2O3Te. The topological polar surface area (TPSA) is 64.7 Å². The van der Waals surface area contributed by atoms with E-state index in [1.807, 2.05) is 50.2 Å². The molecule has 22 heavy (non-hydrogen) atoms. The Labute approximate surface area is 136 Å². The molecule has 0 aliphatic carbocycles. The molecule has 0 radical (unpaired) electrons. The van der Waals surface area contributed by atoms with Crippen molar-refractivity contribution < 1.29 is 12.4 Å². The summed E-state index contributed by atoms with van der Waals surface area (Å²) in [5.41, 5.74) is 1.56. The van der Waals surface area contributed by atoms with Crippen molar-refractivity contribution >= 4 is 54.7 Å². The molecule has 0 saturated carbocycles. The molecule has 0 spiro atoms. The van der Waals surface area contributed by atoms with Crippen LogP contribution in [0.25, 0.3) is 21.9 Å². The Kier molecular flexibility index (Phi) is 3.00. The number of rotatable bonds is 1. The van der Waals surface area contributed by atoms with Crippen molar-refractivity contribution in [3.63, 3.8) is 0 Å². The van der Waals surface area contributed by atoms with Crippen LogP contribution >= 0.6 is 0 Å². The first-order valence-corrected chi connectivity index (χ1v) is 8.94. The van der Waals surface area contributed by atoms with Crippen molar-refractivity contribution in [1.82, 2.24) is 4.98 Å². The van der Waals surface area contributed by atoms with Gasteiger partial charge >= 0.3 is 137 Å². The number of benzene rings is 2. The zero-order chi connectivity index (χ0) is 15.3. The number of oxime groups is 1. The number of carbonyl (C=O) groups excluding carboxylic acids is 1. The first-order valence-electron chi connectivity index (χ1n) is 6.82. The van der Waals surface area contributed by atoms with Crippen LogP contribution in [0.4, 0.5) is 0 Å². The summed E-state index contributed by atoms with van der Waals surface area (Å²) in [5, 5.41) is 5.96. The maximum atomic E-state index is 12.5. The third-order valence-electron chi connectivity index (χ3n) is 3.62. The summed E-state index contributed by atoms with van der Waals surface area (Å²) in [4.78, 5) is 16.9. The van der Waals surface area contributed by atoms with Gasteiger partial charge in [0.1, 0.15) is 0 Å². The van der Waals surface area contributed by atoms with Gasteiger partial charge in [0.2, 0.25) is 0 Å². The molecule has 0 bridgehead atoms. The number of fused-ring (bicyclic) bond motifs is 3. The zero-order valence-corrected chi connectivity index (χ0v) is 14.3. The number of ketones is 1. The molecule has 5 nitrogen and oxygen atoms in total. The van der Waals surface area contributed by atoms with E-state index in [0.29, 0.717) is 11.1 Å². The fourth-order valence-corrected chi connectivity index (χ4v) is 3.75. The van der Waals surface area contributed by atoms with E-state index < -0.39 is 24.8 Å². The van der Waals surface area contributed by atoms with E-state index in [1.54, 1.807) is 0 Å². The SMILES string of the molecule is CC1(C)[Te]ON=C(c2nc3ccc4ccccc4c3o2)C1=O. The molecule has 0 atom stereocenters. The number of hydrogen-bond donors (Lipinski definition) is 0. The van der Waals surface area contributed by atoms with Gasteiger partial charge in [0.05, 0.1) is 0 Å². The van der Waals surface area contributed by atoms with Crippen molar-refractivity contribution in [1.29, 1.82) is 0 Å². The second-order valence-corrected chi connectivity index (χ2v) is 9.41.